The average molecular weight is 636 g/mol. The van der Waals surface area contributed by atoms with Gasteiger partial charge in [0.1, 0.15) is 22.5 Å². The molecule has 0 fully saturated rings. The number of halogens is 1. The van der Waals surface area contributed by atoms with Crippen molar-refractivity contribution in [2.75, 3.05) is 23.4 Å². The summed E-state index contributed by atoms with van der Waals surface area (Å²) >= 11 is 6.45. The van der Waals surface area contributed by atoms with Gasteiger partial charge in [0.25, 0.3) is 0 Å². The molecule has 0 saturated heterocycles. The predicted octanol–water partition coefficient (Wildman–Crippen LogP) is 7.85. The molecule has 0 aliphatic carbocycles. The summed E-state index contributed by atoms with van der Waals surface area (Å²) in [4.78, 5) is 32.8. The molecule has 1 amide bonds. The quantitative estimate of drug-likeness (QED) is 0.269. The van der Waals surface area contributed by atoms with Crippen LogP contribution in [-0.2, 0) is 14.6 Å². The molecule has 0 radical (unpaired) electrons. The Morgan fingerprint density at radius 3 is 2.45 bits per heavy atom. The van der Waals surface area contributed by atoms with Crippen molar-refractivity contribution in [1.82, 2.24) is 19.9 Å². The van der Waals surface area contributed by atoms with Crippen LogP contribution in [0.1, 0.15) is 71.1 Å². The minimum atomic E-state index is -2.13. The largest absolute Gasteiger partial charge is 0.443 e. The van der Waals surface area contributed by atoms with Gasteiger partial charge in [-0.15, -0.1) is 0 Å². The highest BCUT2D eigenvalue weighted by molar-refractivity contribution is 6.74. The number of nitrogens with zero attached hydrogens (tertiary/aromatic N) is 6. The minimum Gasteiger partial charge on any atom is -0.443 e. The molecule has 1 N–H and O–H groups in total. The first-order valence-corrected chi connectivity index (χ1v) is 17.9. The molecule has 4 rings (SSSR count). The fraction of sp³-hybridized carbons (Fsp3) is 0.500. The van der Waals surface area contributed by atoms with E-state index < -0.39 is 25.4 Å². The topological polar surface area (TPSA) is 126 Å². The summed E-state index contributed by atoms with van der Waals surface area (Å²) in [5.41, 5.74) is 2.34. The SMILES string of the molecule is Cc1nc(C)c(Cl)c(Nc2nccc(-c3cc(C#N)c4c(c3)[C@@](C)(CO[Si](C)(C)C(C)(C)C)CN4C(=O)OC(C)(C)C)n2)n1. The van der Waals surface area contributed by atoms with Crippen molar-refractivity contribution < 1.29 is 14.0 Å². The zero-order valence-corrected chi connectivity index (χ0v) is 29.3. The fourth-order valence-electron chi connectivity index (χ4n) is 4.75. The van der Waals surface area contributed by atoms with E-state index in [1.165, 1.54) is 0 Å². The van der Waals surface area contributed by atoms with Crippen molar-refractivity contribution in [2.45, 2.75) is 91.5 Å². The molecule has 12 heteroatoms. The second-order valence-electron chi connectivity index (χ2n) is 14.1. The number of amides is 1. The fourth-order valence-corrected chi connectivity index (χ4v) is 6.00. The third kappa shape index (κ3) is 6.88. The van der Waals surface area contributed by atoms with E-state index in [9.17, 15) is 10.1 Å². The Balaban J connectivity index is 1.81. The van der Waals surface area contributed by atoms with Crippen LogP contribution in [0.25, 0.3) is 11.3 Å². The van der Waals surface area contributed by atoms with Gasteiger partial charge in [-0.3, -0.25) is 4.90 Å². The molecule has 3 heterocycles. The molecule has 1 aliphatic heterocycles. The number of benzene rings is 1. The second kappa shape index (κ2) is 11.7. The molecule has 0 saturated carbocycles. The molecule has 0 bridgehead atoms. The highest BCUT2D eigenvalue weighted by atomic mass is 35.5. The summed E-state index contributed by atoms with van der Waals surface area (Å²) in [6, 6.07) is 7.83. The normalized spacial score (nSPS) is 16.8. The van der Waals surface area contributed by atoms with Crippen LogP contribution >= 0.6 is 11.6 Å². The molecule has 1 aromatic carbocycles. The van der Waals surface area contributed by atoms with Crippen LogP contribution in [0.2, 0.25) is 23.2 Å². The first-order valence-electron chi connectivity index (χ1n) is 14.6. The van der Waals surface area contributed by atoms with Gasteiger partial charge in [0, 0.05) is 30.3 Å². The van der Waals surface area contributed by atoms with E-state index in [-0.39, 0.29) is 5.04 Å². The Bertz CT molecular complexity index is 1640. The van der Waals surface area contributed by atoms with Crippen molar-refractivity contribution in [1.29, 1.82) is 5.26 Å². The molecule has 1 atom stereocenters. The predicted molar refractivity (Wildman–Crippen MR) is 176 cm³/mol. The Hall–Kier alpha value is -3.59. The van der Waals surface area contributed by atoms with E-state index >= 15 is 0 Å². The van der Waals surface area contributed by atoms with Gasteiger partial charge in [-0.25, -0.2) is 24.7 Å². The van der Waals surface area contributed by atoms with Crippen LogP contribution < -0.4 is 10.2 Å². The number of nitrogens with one attached hydrogen (secondary N) is 1. The van der Waals surface area contributed by atoms with Crippen LogP contribution in [0.5, 0.6) is 0 Å². The number of hydrogen-bond acceptors (Lipinski definition) is 9. The van der Waals surface area contributed by atoms with Gasteiger partial charge >= 0.3 is 6.09 Å². The first-order chi connectivity index (χ1) is 20.2. The number of anilines is 3. The number of rotatable bonds is 6. The molecule has 0 spiro atoms. The van der Waals surface area contributed by atoms with Crippen LogP contribution in [0.15, 0.2) is 24.4 Å². The molecule has 10 nitrogen and oxygen atoms in total. The molecule has 0 unspecified atom stereocenters. The standard InChI is InChI=1S/C32H42ClN7O3Si/c1-19-25(33)27(37-20(2)36-19)39-28-35-13-12-24(38-28)21-14-22(16-34)26-23(15-21)32(9,18-42-44(10,11)31(6,7)8)17-40(26)29(41)43-30(3,4)5/h12-15H,17-18H2,1-11H3,(H,35,36,37,38,39)/t32-/m1/s1. The number of aromatic nitrogens is 4. The van der Waals surface area contributed by atoms with Crippen LogP contribution in [0.3, 0.4) is 0 Å². The lowest BCUT2D eigenvalue weighted by Gasteiger charge is -2.39. The number of ether oxygens (including phenoxy) is 1. The Labute approximate surface area is 266 Å². The van der Waals surface area contributed by atoms with E-state index in [0.29, 0.717) is 64.0 Å². The summed E-state index contributed by atoms with van der Waals surface area (Å²) < 4.78 is 12.5. The Kier molecular flexibility index (Phi) is 8.88. The minimum absolute atomic E-state index is 0.00329. The summed E-state index contributed by atoms with van der Waals surface area (Å²) in [6.07, 6.45) is 1.13. The highest BCUT2D eigenvalue weighted by Crippen LogP contribution is 2.47. The van der Waals surface area contributed by atoms with Gasteiger partial charge in [0.05, 0.1) is 22.6 Å². The van der Waals surface area contributed by atoms with Gasteiger partial charge in [0.2, 0.25) is 5.95 Å². The van der Waals surface area contributed by atoms with Crippen molar-refractivity contribution >= 4 is 43.5 Å². The van der Waals surface area contributed by atoms with Gasteiger partial charge in [0.15, 0.2) is 14.1 Å². The monoisotopic (exact) mass is 635 g/mol. The number of hydrogen-bond donors (Lipinski definition) is 1. The van der Waals surface area contributed by atoms with Crippen molar-refractivity contribution in [2.24, 2.45) is 0 Å². The maximum Gasteiger partial charge on any atom is 0.414 e. The maximum atomic E-state index is 13.5. The molecule has 2 aromatic heterocycles. The van der Waals surface area contributed by atoms with Gasteiger partial charge in [-0.05, 0) is 76.5 Å². The zero-order chi connectivity index (χ0) is 32.8. The lowest BCUT2D eigenvalue weighted by molar-refractivity contribution is 0.0575. The molecular formula is C32H42ClN7O3Si. The smallest absolute Gasteiger partial charge is 0.414 e. The molecular weight excluding hydrogens is 594 g/mol. The van der Waals surface area contributed by atoms with E-state index in [0.717, 1.165) is 5.56 Å². The number of carbonyl (C=O) groups is 1. The molecule has 3 aromatic rings. The van der Waals surface area contributed by atoms with Gasteiger partial charge in [-0.1, -0.05) is 39.3 Å². The zero-order valence-electron chi connectivity index (χ0n) is 27.5. The van der Waals surface area contributed by atoms with E-state index in [1.54, 1.807) is 37.1 Å². The highest BCUT2D eigenvalue weighted by Gasteiger charge is 2.47. The van der Waals surface area contributed by atoms with Crippen LogP contribution in [0.4, 0.5) is 22.2 Å². The number of carbonyl (C=O) groups excluding carboxylic acids is 1. The first kappa shape index (κ1) is 33.3. The summed E-state index contributed by atoms with van der Waals surface area (Å²) in [7, 11) is -2.13. The van der Waals surface area contributed by atoms with E-state index in [1.807, 2.05) is 26.8 Å². The maximum absolute atomic E-state index is 13.5. The van der Waals surface area contributed by atoms with Gasteiger partial charge < -0.3 is 14.5 Å². The third-order valence-electron chi connectivity index (χ3n) is 8.14. The number of nitriles is 1. The van der Waals surface area contributed by atoms with Crippen LogP contribution in [0, 0.1) is 25.2 Å². The number of aryl methyl sites for hydroxylation is 2. The average Bonchev–Trinajstić information content (AvgIpc) is 3.21. The van der Waals surface area contributed by atoms with Crippen molar-refractivity contribution in [3.8, 4) is 17.3 Å². The summed E-state index contributed by atoms with van der Waals surface area (Å²) in [6.45, 7) is 22.8. The van der Waals surface area contributed by atoms with Crippen LogP contribution in [-0.4, -0.2) is 53.1 Å². The lowest BCUT2D eigenvalue weighted by atomic mass is 9.83. The number of fused-ring (bicyclic) bond motifs is 1. The summed E-state index contributed by atoms with van der Waals surface area (Å²) in [5, 5.41) is 13.8. The molecule has 44 heavy (non-hydrogen) atoms. The van der Waals surface area contributed by atoms with Gasteiger partial charge in [-0.2, -0.15) is 5.26 Å². The lowest BCUT2D eigenvalue weighted by Crippen LogP contribution is -2.46. The third-order valence-corrected chi connectivity index (χ3v) is 13.1. The Morgan fingerprint density at radius 1 is 1.16 bits per heavy atom. The Morgan fingerprint density at radius 2 is 1.84 bits per heavy atom. The van der Waals surface area contributed by atoms with E-state index in [4.69, 9.17) is 25.7 Å². The van der Waals surface area contributed by atoms with E-state index in [2.05, 4.69) is 67.1 Å². The molecule has 234 valence electrons. The van der Waals surface area contributed by atoms with Crippen molar-refractivity contribution in [3.05, 3.63) is 52.1 Å². The second-order valence-corrected chi connectivity index (χ2v) is 19.3. The summed E-state index contributed by atoms with van der Waals surface area (Å²) in [5.74, 6) is 1.26. The molecule has 1 aliphatic rings. The van der Waals surface area contributed by atoms with Crippen molar-refractivity contribution in [3.63, 3.8) is 0 Å².